The van der Waals surface area contributed by atoms with E-state index in [4.69, 9.17) is 15.6 Å². The molecule has 0 spiro atoms. The minimum absolute atomic E-state index is 0.0394. The number of carbonyl (C=O) groups excluding carboxylic acids is 1. The molecule has 94 valence electrons. The third-order valence-electron chi connectivity index (χ3n) is 2.53. The molecule has 0 aliphatic heterocycles. The highest BCUT2D eigenvalue weighted by Crippen LogP contribution is 2.24. The zero-order chi connectivity index (χ0) is 13.0. The van der Waals surface area contributed by atoms with Crippen molar-refractivity contribution in [2.75, 3.05) is 13.2 Å². The summed E-state index contributed by atoms with van der Waals surface area (Å²) in [6.07, 6.45) is 2.17. The summed E-state index contributed by atoms with van der Waals surface area (Å²) in [5, 5.41) is 9.54. The summed E-state index contributed by atoms with van der Waals surface area (Å²) in [5.41, 5.74) is 6.39. The molecule has 0 fully saturated rings. The summed E-state index contributed by atoms with van der Waals surface area (Å²) in [6, 6.07) is 7.00. The molecule has 1 amide bonds. The van der Waals surface area contributed by atoms with Crippen LogP contribution in [0.15, 0.2) is 30.5 Å². The van der Waals surface area contributed by atoms with Gasteiger partial charge in [0.15, 0.2) is 0 Å². The minimum atomic E-state index is -0.542. The quantitative estimate of drug-likeness (QED) is 0.773. The molecule has 0 atom stereocenters. The number of benzene rings is 1. The molecule has 1 heterocycles. The molecule has 0 saturated heterocycles. The van der Waals surface area contributed by atoms with Gasteiger partial charge >= 0.3 is 0 Å². The summed E-state index contributed by atoms with van der Waals surface area (Å²) >= 11 is 0. The van der Waals surface area contributed by atoms with Crippen molar-refractivity contribution in [3.63, 3.8) is 0 Å². The molecular weight excluding hydrogens is 232 g/mol. The summed E-state index contributed by atoms with van der Waals surface area (Å²) in [4.78, 5) is 15.6. The van der Waals surface area contributed by atoms with Crippen LogP contribution in [-0.4, -0.2) is 29.2 Å². The van der Waals surface area contributed by atoms with E-state index in [0.29, 0.717) is 24.3 Å². The van der Waals surface area contributed by atoms with Gasteiger partial charge in [-0.2, -0.15) is 0 Å². The van der Waals surface area contributed by atoms with Gasteiger partial charge in [0.25, 0.3) is 5.91 Å². The van der Waals surface area contributed by atoms with Crippen LogP contribution in [0.25, 0.3) is 10.9 Å². The smallest absolute Gasteiger partial charge is 0.252 e. The maximum Gasteiger partial charge on any atom is 0.252 e. The highest BCUT2D eigenvalue weighted by atomic mass is 16.5. The van der Waals surface area contributed by atoms with Crippen LogP contribution in [0.5, 0.6) is 5.75 Å². The largest absolute Gasteiger partial charge is 0.493 e. The van der Waals surface area contributed by atoms with Crippen LogP contribution >= 0.6 is 0 Å². The molecule has 0 aliphatic carbocycles. The number of hydrogen-bond donors (Lipinski definition) is 2. The number of carbonyl (C=O) groups is 1. The Morgan fingerprint density at radius 3 is 3.00 bits per heavy atom. The number of aliphatic hydroxyl groups is 1. The number of rotatable bonds is 5. The molecule has 0 unspecified atom stereocenters. The summed E-state index contributed by atoms with van der Waals surface area (Å²) in [6.45, 7) is 0.368. The van der Waals surface area contributed by atoms with Crippen molar-refractivity contribution in [1.29, 1.82) is 0 Å². The summed E-state index contributed by atoms with van der Waals surface area (Å²) < 4.78 is 5.45. The molecule has 2 rings (SSSR count). The lowest BCUT2D eigenvalue weighted by Gasteiger charge is -2.10. The number of aromatic nitrogens is 1. The second kappa shape index (κ2) is 5.46. The number of ether oxygens (including phenoxy) is 1. The van der Waals surface area contributed by atoms with Crippen molar-refractivity contribution in [3.05, 3.63) is 36.0 Å². The van der Waals surface area contributed by atoms with Gasteiger partial charge in [-0.15, -0.1) is 0 Å². The second-order valence-corrected chi connectivity index (χ2v) is 3.83. The Hall–Kier alpha value is -2.14. The Morgan fingerprint density at radius 2 is 2.28 bits per heavy atom. The number of fused-ring (bicyclic) bond motifs is 1. The molecule has 18 heavy (non-hydrogen) atoms. The van der Waals surface area contributed by atoms with Crippen LogP contribution in [-0.2, 0) is 0 Å². The molecule has 2 aromatic rings. The molecule has 3 N–H and O–H groups in total. The average molecular weight is 246 g/mol. The first-order valence-corrected chi connectivity index (χ1v) is 5.64. The fourth-order valence-corrected chi connectivity index (χ4v) is 1.66. The molecule has 5 nitrogen and oxygen atoms in total. The van der Waals surface area contributed by atoms with Gasteiger partial charge < -0.3 is 15.6 Å². The van der Waals surface area contributed by atoms with E-state index in [-0.39, 0.29) is 6.61 Å². The maximum atomic E-state index is 11.4. The van der Waals surface area contributed by atoms with Gasteiger partial charge in [-0.05, 0) is 12.1 Å². The Morgan fingerprint density at radius 1 is 1.44 bits per heavy atom. The molecule has 0 bridgehead atoms. The first-order valence-electron chi connectivity index (χ1n) is 5.64. The maximum absolute atomic E-state index is 11.4. The van der Waals surface area contributed by atoms with Crippen LogP contribution in [0, 0.1) is 0 Å². The summed E-state index contributed by atoms with van der Waals surface area (Å²) in [5.74, 6) is -0.137. The van der Waals surface area contributed by atoms with Gasteiger partial charge in [-0.1, -0.05) is 6.07 Å². The van der Waals surface area contributed by atoms with Gasteiger partial charge in [0.1, 0.15) is 5.75 Å². The zero-order valence-corrected chi connectivity index (χ0v) is 9.80. The minimum Gasteiger partial charge on any atom is -0.493 e. The predicted octanol–water partition coefficient (Wildman–Crippen LogP) is 1.09. The Balaban J connectivity index is 2.41. The number of pyridine rings is 1. The Kier molecular flexibility index (Phi) is 3.74. The molecule has 0 aliphatic rings. The first-order chi connectivity index (χ1) is 8.72. The monoisotopic (exact) mass is 246 g/mol. The van der Waals surface area contributed by atoms with Crippen molar-refractivity contribution in [2.24, 2.45) is 5.73 Å². The standard InChI is InChI=1S/C13H14N2O3/c14-13(17)10-7-9-3-1-4-15-11(9)8-12(10)18-6-2-5-16/h1,3-4,7-8,16H,2,5-6H2,(H2,14,17). The summed E-state index contributed by atoms with van der Waals surface area (Å²) in [7, 11) is 0. The molecule has 0 saturated carbocycles. The van der Waals surface area contributed by atoms with Crippen molar-refractivity contribution >= 4 is 16.8 Å². The highest BCUT2D eigenvalue weighted by molar-refractivity contribution is 6.00. The van der Waals surface area contributed by atoms with E-state index in [2.05, 4.69) is 4.98 Å². The van der Waals surface area contributed by atoms with Crippen LogP contribution in [0.3, 0.4) is 0 Å². The third-order valence-corrected chi connectivity index (χ3v) is 2.53. The molecule has 1 aromatic heterocycles. The molecule has 1 aromatic carbocycles. The lowest BCUT2D eigenvalue weighted by Crippen LogP contribution is -2.13. The van der Waals surface area contributed by atoms with E-state index in [0.717, 1.165) is 10.9 Å². The third kappa shape index (κ3) is 2.57. The van der Waals surface area contributed by atoms with Crippen molar-refractivity contribution < 1.29 is 14.6 Å². The fourth-order valence-electron chi connectivity index (χ4n) is 1.66. The number of hydrogen-bond acceptors (Lipinski definition) is 4. The van der Waals surface area contributed by atoms with Crippen molar-refractivity contribution in [2.45, 2.75) is 6.42 Å². The van der Waals surface area contributed by atoms with Crippen LogP contribution in [0.2, 0.25) is 0 Å². The van der Waals surface area contributed by atoms with E-state index >= 15 is 0 Å². The Labute approximate surface area is 104 Å². The van der Waals surface area contributed by atoms with E-state index in [9.17, 15) is 4.79 Å². The topological polar surface area (TPSA) is 85.4 Å². The first kappa shape index (κ1) is 12.3. The second-order valence-electron chi connectivity index (χ2n) is 3.83. The number of amides is 1. The van der Waals surface area contributed by atoms with Gasteiger partial charge in [-0.3, -0.25) is 9.78 Å². The molecule has 5 heteroatoms. The number of aliphatic hydroxyl groups excluding tert-OH is 1. The van der Waals surface area contributed by atoms with E-state index in [1.807, 2.05) is 6.07 Å². The fraction of sp³-hybridized carbons (Fsp3) is 0.231. The van der Waals surface area contributed by atoms with Gasteiger partial charge in [-0.25, -0.2) is 0 Å². The number of primary amides is 1. The zero-order valence-electron chi connectivity index (χ0n) is 9.80. The van der Waals surface area contributed by atoms with E-state index in [1.165, 1.54) is 0 Å². The van der Waals surface area contributed by atoms with Crippen LogP contribution in [0.4, 0.5) is 0 Å². The average Bonchev–Trinajstić information content (AvgIpc) is 2.38. The number of nitrogens with zero attached hydrogens (tertiary/aromatic N) is 1. The molecule has 0 radical (unpaired) electrons. The van der Waals surface area contributed by atoms with E-state index < -0.39 is 5.91 Å². The SMILES string of the molecule is NC(=O)c1cc2cccnc2cc1OCCCO. The Bertz CT molecular complexity index is 569. The predicted molar refractivity (Wildman–Crippen MR) is 67.5 cm³/mol. The lowest BCUT2D eigenvalue weighted by molar-refractivity contribution is 0.0996. The van der Waals surface area contributed by atoms with Gasteiger partial charge in [0.05, 0.1) is 17.7 Å². The van der Waals surface area contributed by atoms with Crippen LogP contribution in [0.1, 0.15) is 16.8 Å². The van der Waals surface area contributed by atoms with Crippen molar-refractivity contribution in [1.82, 2.24) is 4.98 Å². The number of nitrogens with two attached hydrogens (primary N) is 1. The van der Waals surface area contributed by atoms with E-state index in [1.54, 1.807) is 24.4 Å². The highest BCUT2D eigenvalue weighted by Gasteiger charge is 2.11. The van der Waals surface area contributed by atoms with Crippen molar-refractivity contribution in [3.8, 4) is 5.75 Å². The normalized spacial score (nSPS) is 10.5. The van der Waals surface area contributed by atoms with Crippen LogP contribution < -0.4 is 10.5 Å². The van der Waals surface area contributed by atoms with Gasteiger partial charge in [0.2, 0.25) is 0 Å². The molecular formula is C13H14N2O3. The van der Waals surface area contributed by atoms with Gasteiger partial charge in [0, 0.05) is 30.7 Å². The lowest BCUT2D eigenvalue weighted by atomic mass is 10.1.